The first-order valence-corrected chi connectivity index (χ1v) is 15.3. The van der Waals surface area contributed by atoms with Crippen LogP contribution >= 0.6 is 39.1 Å². The highest BCUT2D eigenvalue weighted by Gasteiger charge is 2.32. The molecule has 0 aromatic heterocycles. The number of nitrogens with zero attached hydrogens (tertiary/aromatic N) is 2. The summed E-state index contributed by atoms with van der Waals surface area (Å²) >= 11 is 15.8. The Labute approximate surface area is 248 Å². The summed E-state index contributed by atoms with van der Waals surface area (Å²) in [6, 6.07) is 17.1. The number of hydrogen-bond acceptors (Lipinski definition) is 4. The van der Waals surface area contributed by atoms with Crippen LogP contribution in [0.4, 0.5) is 5.69 Å². The van der Waals surface area contributed by atoms with E-state index in [1.54, 1.807) is 19.1 Å². The van der Waals surface area contributed by atoms with Crippen LogP contribution in [0.15, 0.2) is 76.1 Å². The van der Waals surface area contributed by atoms with Crippen molar-refractivity contribution in [2.75, 3.05) is 17.4 Å². The van der Waals surface area contributed by atoms with Crippen LogP contribution in [0.25, 0.3) is 0 Å². The topological polar surface area (TPSA) is 86.8 Å². The standard InChI is InChI=1S/C28H30BrCl2N3O4S/c1-4-13-32-28(36)20(3)33(17-21-7-9-22(29)10-8-21)27(35)18-34(25-15-23(30)14-24(31)16-25)39(37,38)26-11-5-19(2)6-12-26/h5-12,14-16,20H,4,13,17-18H2,1-3H3,(H,32,36). The van der Waals surface area contributed by atoms with Crippen molar-refractivity contribution in [1.29, 1.82) is 0 Å². The predicted molar refractivity (Wildman–Crippen MR) is 160 cm³/mol. The molecule has 7 nitrogen and oxygen atoms in total. The van der Waals surface area contributed by atoms with E-state index < -0.39 is 28.5 Å². The number of rotatable bonds is 11. The third-order valence-corrected chi connectivity index (χ3v) is 8.76. The maximum Gasteiger partial charge on any atom is 0.264 e. The number of aryl methyl sites for hydroxylation is 1. The summed E-state index contributed by atoms with van der Waals surface area (Å²) < 4.78 is 29.5. The molecule has 3 aromatic rings. The lowest BCUT2D eigenvalue weighted by Gasteiger charge is -2.32. The first-order valence-electron chi connectivity index (χ1n) is 12.3. The molecule has 1 unspecified atom stereocenters. The number of halogens is 3. The quantitative estimate of drug-likeness (QED) is 0.267. The van der Waals surface area contributed by atoms with E-state index in [2.05, 4.69) is 21.2 Å². The van der Waals surface area contributed by atoms with E-state index in [-0.39, 0.29) is 33.1 Å². The zero-order valence-electron chi connectivity index (χ0n) is 21.8. The Hall–Kier alpha value is -2.59. The van der Waals surface area contributed by atoms with Crippen LogP contribution in [0.3, 0.4) is 0 Å². The minimum absolute atomic E-state index is 0.00481. The fourth-order valence-corrected chi connectivity index (χ4v) is 5.99. The van der Waals surface area contributed by atoms with Crippen LogP contribution in [-0.4, -0.2) is 44.3 Å². The lowest BCUT2D eigenvalue weighted by atomic mass is 10.1. The Morgan fingerprint density at radius 1 is 0.974 bits per heavy atom. The fourth-order valence-electron chi connectivity index (χ4n) is 3.81. The summed E-state index contributed by atoms with van der Waals surface area (Å²) in [7, 11) is -4.21. The van der Waals surface area contributed by atoms with Gasteiger partial charge in [-0.05, 0) is 68.3 Å². The van der Waals surface area contributed by atoms with Crippen molar-refractivity contribution in [3.05, 3.63) is 92.4 Å². The molecule has 39 heavy (non-hydrogen) atoms. The molecular formula is C28H30BrCl2N3O4S. The third kappa shape index (κ3) is 8.20. The van der Waals surface area contributed by atoms with E-state index in [1.165, 1.54) is 35.2 Å². The zero-order valence-corrected chi connectivity index (χ0v) is 25.7. The number of anilines is 1. The lowest BCUT2D eigenvalue weighted by molar-refractivity contribution is -0.139. The first-order chi connectivity index (χ1) is 18.4. The van der Waals surface area contributed by atoms with Crippen LogP contribution in [0.2, 0.25) is 10.0 Å². The highest BCUT2D eigenvalue weighted by atomic mass is 79.9. The molecule has 1 N–H and O–H groups in total. The molecule has 0 aliphatic carbocycles. The smallest absolute Gasteiger partial charge is 0.264 e. The van der Waals surface area contributed by atoms with Crippen LogP contribution < -0.4 is 9.62 Å². The average Bonchev–Trinajstić information content (AvgIpc) is 2.89. The molecule has 2 amide bonds. The third-order valence-electron chi connectivity index (χ3n) is 6.01. The van der Waals surface area contributed by atoms with Crippen molar-refractivity contribution >= 4 is 66.7 Å². The van der Waals surface area contributed by atoms with E-state index in [9.17, 15) is 18.0 Å². The number of amides is 2. The first kappa shape index (κ1) is 30.9. The van der Waals surface area contributed by atoms with Gasteiger partial charge >= 0.3 is 0 Å². The maximum atomic E-state index is 13.9. The number of carbonyl (C=O) groups is 2. The van der Waals surface area contributed by atoms with Crippen molar-refractivity contribution in [2.24, 2.45) is 0 Å². The van der Waals surface area contributed by atoms with Gasteiger partial charge in [0.1, 0.15) is 12.6 Å². The largest absolute Gasteiger partial charge is 0.354 e. The van der Waals surface area contributed by atoms with Crippen molar-refractivity contribution < 1.29 is 18.0 Å². The van der Waals surface area contributed by atoms with E-state index in [4.69, 9.17) is 23.2 Å². The number of sulfonamides is 1. The van der Waals surface area contributed by atoms with Crippen LogP contribution in [0, 0.1) is 6.92 Å². The van der Waals surface area contributed by atoms with Gasteiger partial charge in [0.05, 0.1) is 10.6 Å². The molecule has 0 aliphatic heterocycles. The number of hydrogen-bond donors (Lipinski definition) is 1. The molecule has 208 valence electrons. The molecule has 3 rings (SSSR count). The molecule has 11 heteroatoms. The molecule has 0 radical (unpaired) electrons. The molecule has 0 bridgehead atoms. The van der Waals surface area contributed by atoms with Crippen LogP contribution in [0.1, 0.15) is 31.4 Å². The maximum absolute atomic E-state index is 13.9. The minimum Gasteiger partial charge on any atom is -0.354 e. The van der Waals surface area contributed by atoms with Crippen molar-refractivity contribution in [3.63, 3.8) is 0 Å². The summed E-state index contributed by atoms with van der Waals surface area (Å²) in [6.07, 6.45) is 0.733. The molecular weight excluding hydrogens is 625 g/mol. The van der Waals surface area contributed by atoms with Gasteiger partial charge in [-0.15, -0.1) is 0 Å². The van der Waals surface area contributed by atoms with Crippen LogP contribution in [0.5, 0.6) is 0 Å². The molecule has 0 aliphatic rings. The van der Waals surface area contributed by atoms with E-state index in [0.29, 0.717) is 6.54 Å². The summed E-state index contributed by atoms with van der Waals surface area (Å²) in [5.74, 6) is -0.898. The Kier molecular flexibility index (Phi) is 10.8. The number of carbonyl (C=O) groups excluding carboxylic acids is 2. The van der Waals surface area contributed by atoms with Crippen molar-refractivity contribution in [2.45, 2.75) is 44.7 Å². The molecule has 1 atom stereocenters. The Balaban J connectivity index is 2.04. The number of benzene rings is 3. The normalized spacial score (nSPS) is 12.1. The summed E-state index contributed by atoms with van der Waals surface area (Å²) in [5, 5.41) is 3.25. The summed E-state index contributed by atoms with van der Waals surface area (Å²) in [6.45, 7) is 5.38. The van der Waals surface area contributed by atoms with Gasteiger partial charge in [-0.2, -0.15) is 0 Å². The second-order valence-corrected chi connectivity index (χ2v) is 12.7. The van der Waals surface area contributed by atoms with E-state index in [1.807, 2.05) is 38.1 Å². The van der Waals surface area contributed by atoms with Gasteiger partial charge in [-0.25, -0.2) is 8.42 Å². The van der Waals surface area contributed by atoms with E-state index >= 15 is 0 Å². The lowest BCUT2D eigenvalue weighted by Crippen LogP contribution is -2.51. The highest BCUT2D eigenvalue weighted by Crippen LogP contribution is 2.30. The minimum atomic E-state index is -4.21. The second-order valence-electron chi connectivity index (χ2n) is 9.07. The zero-order chi connectivity index (χ0) is 28.7. The average molecular weight is 655 g/mol. The summed E-state index contributed by atoms with van der Waals surface area (Å²) in [5.41, 5.74) is 1.79. The second kappa shape index (κ2) is 13.7. The van der Waals surface area contributed by atoms with Gasteiger partial charge in [0, 0.05) is 27.6 Å². The van der Waals surface area contributed by atoms with Gasteiger partial charge in [0.2, 0.25) is 11.8 Å². The number of nitrogens with one attached hydrogen (secondary N) is 1. The Bertz CT molecular complexity index is 1400. The highest BCUT2D eigenvalue weighted by molar-refractivity contribution is 9.10. The van der Waals surface area contributed by atoms with Gasteiger partial charge in [-0.3, -0.25) is 13.9 Å². The van der Waals surface area contributed by atoms with Gasteiger partial charge < -0.3 is 10.2 Å². The van der Waals surface area contributed by atoms with Crippen molar-refractivity contribution in [1.82, 2.24) is 10.2 Å². The van der Waals surface area contributed by atoms with Gasteiger partial charge in [0.15, 0.2) is 0 Å². The van der Waals surface area contributed by atoms with Crippen LogP contribution in [-0.2, 0) is 26.2 Å². The molecule has 0 heterocycles. The van der Waals surface area contributed by atoms with Gasteiger partial charge in [-0.1, -0.05) is 75.9 Å². The molecule has 0 spiro atoms. The Morgan fingerprint density at radius 3 is 2.13 bits per heavy atom. The van der Waals surface area contributed by atoms with Gasteiger partial charge in [0.25, 0.3) is 10.0 Å². The monoisotopic (exact) mass is 653 g/mol. The SMILES string of the molecule is CCCNC(=O)C(C)N(Cc1ccc(Br)cc1)C(=O)CN(c1cc(Cl)cc(Cl)c1)S(=O)(=O)c1ccc(C)cc1. The molecule has 0 saturated heterocycles. The van der Waals surface area contributed by atoms with Crippen molar-refractivity contribution in [3.8, 4) is 0 Å². The molecule has 3 aromatic carbocycles. The van der Waals surface area contributed by atoms with E-state index in [0.717, 1.165) is 26.3 Å². The molecule has 0 fully saturated rings. The predicted octanol–water partition coefficient (Wildman–Crippen LogP) is 6.20. The summed E-state index contributed by atoms with van der Waals surface area (Å²) in [4.78, 5) is 28.2. The fraction of sp³-hybridized carbons (Fsp3) is 0.286. The Morgan fingerprint density at radius 2 is 1.56 bits per heavy atom. The molecule has 0 saturated carbocycles.